The Hall–Kier alpha value is -2.20. The van der Waals surface area contributed by atoms with Gasteiger partial charge in [0.25, 0.3) is 0 Å². The summed E-state index contributed by atoms with van der Waals surface area (Å²) < 4.78 is 0. The van der Waals surface area contributed by atoms with E-state index in [0.717, 1.165) is 19.6 Å². The van der Waals surface area contributed by atoms with Crippen LogP contribution in [0.3, 0.4) is 0 Å². The number of hydrogen-bond donors (Lipinski definition) is 2. The van der Waals surface area contributed by atoms with Crippen molar-refractivity contribution in [3.63, 3.8) is 0 Å². The van der Waals surface area contributed by atoms with Crippen molar-refractivity contribution in [2.75, 3.05) is 46.1 Å². The lowest BCUT2D eigenvalue weighted by Gasteiger charge is -2.22. The SMILES string of the molecule is O=C1CN(CN2CC(=O)N(CCO)C2=O)C(=O)N1CCO. The quantitative estimate of drug-likeness (QED) is 0.521. The van der Waals surface area contributed by atoms with E-state index in [1.54, 1.807) is 0 Å². The molecule has 0 atom stereocenters. The molecule has 10 heteroatoms. The Bertz CT molecular complexity index is 439. The van der Waals surface area contributed by atoms with Crippen LogP contribution in [0.2, 0.25) is 0 Å². The molecule has 2 heterocycles. The maximum absolute atomic E-state index is 11.9. The van der Waals surface area contributed by atoms with Crippen molar-refractivity contribution in [1.29, 1.82) is 0 Å². The fraction of sp³-hybridized carbons (Fsp3) is 0.636. The van der Waals surface area contributed by atoms with Gasteiger partial charge in [-0.15, -0.1) is 0 Å². The van der Waals surface area contributed by atoms with E-state index in [4.69, 9.17) is 10.2 Å². The summed E-state index contributed by atoms with van der Waals surface area (Å²) in [5.74, 6) is -0.918. The van der Waals surface area contributed by atoms with E-state index in [2.05, 4.69) is 0 Å². The maximum atomic E-state index is 11.9. The highest BCUT2D eigenvalue weighted by molar-refractivity contribution is 6.03. The Morgan fingerprint density at radius 2 is 1.14 bits per heavy atom. The zero-order chi connectivity index (χ0) is 15.6. The second-order valence-corrected chi connectivity index (χ2v) is 4.64. The number of carbonyl (C=O) groups excluding carboxylic acids is 4. The monoisotopic (exact) mass is 300 g/mol. The van der Waals surface area contributed by atoms with Gasteiger partial charge in [0.15, 0.2) is 0 Å². The maximum Gasteiger partial charge on any atom is 0.328 e. The van der Waals surface area contributed by atoms with Crippen LogP contribution < -0.4 is 0 Å². The fourth-order valence-corrected chi connectivity index (χ4v) is 2.26. The minimum absolute atomic E-state index is 0.0995. The zero-order valence-electron chi connectivity index (χ0n) is 11.3. The molecule has 2 aliphatic heterocycles. The number of nitrogens with zero attached hydrogens (tertiary/aromatic N) is 4. The minimum Gasteiger partial charge on any atom is -0.395 e. The summed E-state index contributed by atoms with van der Waals surface area (Å²) in [6, 6.07) is -1.20. The molecular formula is C11H16N4O6. The molecular weight excluding hydrogens is 284 g/mol. The molecule has 116 valence electrons. The van der Waals surface area contributed by atoms with E-state index in [1.807, 2.05) is 0 Å². The average molecular weight is 300 g/mol. The van der Waals surface area contributed by atoms with Gasteiger partial charge >= 0.3 is 12.1 Å². The molecule has 0 bridgehead atoms. The van der Waals surface area contributed by atoms with Gasteiger partial charge in [0.1, 0.15) is 19.8 Å². The first-order chi connectivity index (χ1) is 9.99. The van der Waals surface area contributed by atoms with E-state index in [-0.39, 0.29) is 46.1 Å². The van der Waals surface area contributed by atoms with Crippen LogP contribution in [0.5, 0.6) is 0 Å². The molecule has 21 heavy (non-hydrogen) atoms. The largest absolute Gasteiger partial charge is 0.395 e. The van der Waals surface area contributed by atoms with E-state index in [9.17, 15) is 19.2 Å². The Balaban J connectivity index is 2.00. The van der Waals surface area contributed by atoms with E-state index in [1.165, 1.54) is 0 Å². The summed E-state index contributed by atoms with van der Waals surface area (Å²) >= 11 is 0. The van der Waals surface area contributed by atoms with Crippen molar-refractivity contribution < 1.29 is 29.4 Å². The molecule has 0 saturated carbocycles. The van der Waals surface area contributed by atoms with Crippen molar-refractivity contribution in [2.45, 2.75) is 0 Å². The summed E-state index contributed by atoms with van der Waals surface area (Å²) in [7, 11) is 0. The molecule has 0 radical (unpaired) electrons. The fourth-order valence-electron chi connectivity index (χ4n) is 2.26. The van der Waals surface area contributed by atoms with Crippen LogP contribution in [0.25, 0.3) is 0 Å². The predicted octanol–water partition coefficient (Wildman–Crippen LogP) is -2.54. The third kappa shape index (κ3) is 2.81. The number of carbonyl (C=O) groups is 4. The molecule has 0 spiro atoms. The van der Waals surface area contributed by atoms with Gasteiger partial charge in [0.2, 0.25) is 11.8 Å². The molecule has 2 aliphatic rings. The molecule has 6 amide bonds. The summed E-state index contributed by atoms with van der Waals surface area (Å²) in [6.07, 6.45) is 0. The molecule has 2 N–H and O–H groups in total. The number of imide groups is 2. The number of β-amino-alcohol motifs (C(OH)–C–C–N with tert-alkyl or cyclic N) is 2. The van der Waals surface area contributed by atoms with Crippen LogP contribution in [-0.4, -0.2) is 99.8 Å². The van der Waals surface area contributed by atoms with Crippen LogP contribution in [0.4, 0.5) is 9.59 Å². The second-order valence-electron chi connectivity index (χ2n) is 4.64. The highest BCUT2D eigenvalue weighted by Gasteiger charge is 2.41. The first kappa shape index (κ1) is 15.2. The van der Waals surface area contributed by atoms with Crippen LogP contribution in [0.1, 0.15) is 0 Å². The van der Waals surface area contributed by atoms with Crippen molar-refractivity contribution in [3.8, 4) is 0 Å². The molecule has 0 unspecified atom stereocenters. The number of urea groups is 2. The van der Waals surface area contributed by atoms with Crippen molar-refractivity contribution in [2.24, 2.45) is 0 Å². The summed E-state index contributed by atoms with van der Waals surface area (Å²) in [5.41, 5.74) is 0. The Labute approximate surface area is 120 Å². The molecule has 0 aromatic rings. The molecule has 0 aromatic heterocycles. The number of aliphatic hydroxyl groups is 2. The van der Waals surface area contributed by atoms with Gasteiger partial charge < -0.3 is 10.2 Å². The standard InChI is InChI=1S/C11H16N4O6/c16-3-1-14-8(18)5-12(10(14)20)7-13-6-9(19)15(2-4-17)11(13)21/h16-17H,1-7H2. The van der Waals surface area contributed by atoms with Gasteiger partial charge in [-0.1, -0.05) is 0 Å². The van der Waals surface area contributed by atoms with Crippen LogP contribution in [0.15, 0.2) is 0 Å². The lowest BCUT2D eigenvalue weighted by molar-refractivity contribution is -0.126. The van der Waals surface area contributed by atoms with Crippen LogP contribution in [-0.2, 0) is 9.59 Å². The van der Waals surface area contributed by atoms with Crippen molar-refractivity contribution >= 4 is 23.9 Å². The first-order valence-corrected chi connectivity index (χ1v) is 6.40. The lowest BCUT2D eigenvalue weighted by atomic mass is 10.5. The first-order valence-electron chi connectivity index (χ1n) is 6.40. The van der Waals surface area contributed by atoms with Gasteiger partial charge in [-0.2, -0.15) is 0 Å². The van der Waals surface area contributed by atoms with E-state index < -0.39 is 23.9 Å². The average Bonchev–Trinajstić information content (AvgIpc) is 2.85. The second kappa shape index (κ2) is 6.06. The normalized spacial score (nSPS) is 19.5. The number of hydrogen-bond acceptors (Lipinski definition) is 6. The summed E-state index contributed by atoms with van der Waals surface area (Å²) in [5, 5.41) is 17.6. The Morgan fingerprint density at radius 3 is 1.48 bits per heavy atom. The molecule has 0 aromatic carbocycles. The minimum atomic E-state index is -0.602. The van der Waals surface area contributed by atoms with Gasteiger partial charge in [0, 0.05) is 0 Å². The highest BCUT2D eigenvalue weighted by Crippen LogP contribution is 2.15. The highest BCUT2D eigenvalue weighted by atomic mass is 16.3. The summed E-state index contributed by atoms with van der Waals surface area (Å²) in [6.45, 7) is -1.45. The topological polar surface area (TPSA) is 122 Å². The molecule has 2 fully saturated rings. The number of amides is 6. The van der Waals surface area contributed by atoms with Gasteiger partial charge in [-0.3, -0.25) is 29.2 Å². The molecule has 2 saturated heterocycles. The summed E-state index contributed by atoms with van der Waals surface area (Å²) in [4.78, 5) is 51.1. The molecule has 0 aliphatic carbocycles. The van der Waals surface area contributed by atoms with E-state index >= 15 is 0 Å². The third-order valence-electron chi connectivity index (χ3n) is 3.25. The smallest absolute Gasteiger partial charge is 0.328 e. The molecule has 10 nitrogen and oxygen atoms in total. The molecule has 2 rings (SSSR count). The third-order valence-corrected chi connectivity index (χ3v) is 3.25. The van der Waals surface area contributed by atoms with E-state index in [0.29, 0.717) is 0 Å². The number of aliphatic hydroxyl groups excluding tert-OH is 2. The van der Waals surface area contributed by atoms with Crippen molar-refractivity contribution in [3.05, 3.63) is 0 Å². The van der Waals surface area contributed by atoms with Gasteiger partial charge in [0.05, 0.1) is 26.3 Å². The zero-order valence-corrected chi connectivity index (χ0v) is 11.3. The van der Waals surface area contributed by atoms with Gasteiger partial charge in [-0.05, 0) is 0 Å². The Morgan fingerprint density at radius 1 is 0.762 bits per heavy atom. The van der Waals surface area contributed by atoms with Crippen LogP contribution in [0, 0.1) is 0 Å². The Kier molecular flexibility index (Phi) is 4.38. The lowest BCUT2D eigenvalue weighted by Crippen LogP contribution is -2.43. The number of rotatable bonds is 6. The van der Waals surface area contributed by atoms with Crippen molar-refractivity contribution in [1.82, 2.24) is 19.6 Å². The predicted molar refractivity (Wildman–Crippen MR) is 66.7 cm³/mol. The van der Waals surface area contributed by atoms with Gasteiger partial charge in [-0.25, -0.2) is 9.59 Å². The van der Waals surface area contributed by atoms with Crippen LogP contribution >= 0.6 is 0 Å².